The first-order valence-corrected chi connectivity index (χ1v) is 9.83. The van der Waals surface area contributed by atoms with Gasteiger partial charge in [-0.05, 0) is 37.0 Å². The van der Waals surface area contributed by atoms with Crippen LogP contribution in [0.15, 0.2) is 61.1 Å². The van der Waals surface area contributed by atoms with Crippen molar-refractivity contribution in [3.63, 3.8) is 0 Å². The Kier molecular flexibility index (Phi) is 5.66. The van der Waals surface area contributed by atoms with Gasteiger partial charge < -0.3 is 14.8 Å². The van der Waals surface area contributed by atoms with Crippen LogP contribution < -0.4 is 10.2 Å². The minimum Gasteiger partial charge on any atom is -0.357 e. The van der Waals surface area contributed by atoms with Crippen molar-refractivity contribution in [1.82, 2.24) is 19.9 Å². The predicted octanol–water partition coefficient (Wildman–Crippen LogP) is 3.25. The van der Waals surface area contributed by atoms with E-state index in [1.165, 1.54) is 19.3 Å². The maximum atomic E-state index is 12.4. The number of carbonyl (C=O) groups is 1. The standard InChI is InChI=1S/C22H25N5O/c28-21(25-16-18-7-3-1-4-8-18)17-27-14-11-24-22(27)19-9-10-23-20(15-19)26-12-5-2-6-13-26/h1,3-4,7-11,14-15H,2,5-6,12-13,16-17H2,(H,25,28). The van der Waals surface area contributed by atoms with E-state index in [0.717, 1.165) is 35.9 Å². The molecule has 3 aromatic rings. The molecule has 1 aliphatic rings. The van der Waals surface area contributed by atoms with Gasteiger partial charge in [0.05, 0.1) is 0 Å². The third-order valence-electron chi connectivity index (χ3n) is 5.05. The van der Waals surface area contributed by atoms with Crippen LogP contribution in [-0.2, 0) is 17.9 Å². The molecule has 28 heavy (non-hydrogen) atoms. The SMILES string of the molecule is O=C(Cn1ccnc1-c1ccnc(N2CCCCC2)c1)NCc1ccccc1. The molecule has 4 rings (SSSR count). The topological polar surface area (TPSA) is 63.1 Å². The third kappa shape index (κ3) is 4.39. The van der Waals surface area contributed by atoms with Gasteiger partial charge in [0.2, 0.25) is 5.91 Å². The minimum absolute atomic E-state index is 0.0339. The maximum absolute atomic E-state index is 12.4. The van der Waals surface area contributed by atoms with E-state index in [0.29, 0.717) is 6.54 Å². The summed E-state index contributed by atoms with van der Waals surface area (Å²) in [6.45, 7) is 2.86. The zero-order valence-electron chi connectivity index (χ0n) is 15.9. The summed E-state index contributed by atoms with van der Waals surface area (Å²) in [6.07, 6.45) is 9.12. The lowest BCUT2D eigenvalue weighted by Gasteiger charge is -2.27. The smallest absolute Gasteiger partial charge is 0.240 e. The van der Waals surface area contributed by atoms with E-state index < -0.39 is 0 Å². The number of piperidine rings is 1. The van der Waals surface area contributed by atoms with Crippen molar-refractivity contribution in [2.45, 2.75) is 32.4 Å². The highest BCUT2D eigenvalue weighted by Crippen LogP contribution is 2.24. The average molecular weight is 375 g/mol. The molecule has 1 N–H and O–H groups in total. The van der Waals surface area contributed by atoms with E-state index >= 15 is 0 Å². The van der Waals surface area contributed by atoms with Gasteiger partial charge in [-0.1, -0.05) is 30.3 Å². The molecular formula is C22H25N5O. The van der Waals surface area contributed by atoms with Gasteiger partial charge in [-0.3, -0.25) is 4.79 Å². The van der Waals surface area contributed by atoms with Crippen molar-refractivity contribution < 1.29 is 4.79 Å². The van der Waals surface area contributed by atoms with E-state index in [4.69, 9.17) is 0 Å². The van der Waals surface area contributed by atoms with Crippen molar-refractivity contribution in [3.05, 3.63) is 66.6 Å². The Balaban J connectivity index is 1.44. The van der Waals surface area contributed by atoms with Gasteiger partial charge in [0, 0.05) is 43.8 Å². The Bertz CT molecular complexity index is 915. The van der Waals surface area contributed by atoms with Crippen LogP contribution in [0, 0.1) is 0 Å². The summed E-state index contributed by atoms with van der Waals surface area (Å²) in [4.78, 5) is 23.7. The lowest BCUT2D eigenvalue weighted by atomic mass is 10.1. The number of anilines is 1. The number of aromatic nitrogens is 3. The molecule has 3 heterocycles. The maximum Gasteiger partial charge on any atom is 0.240 e. The average Bonchev–Trinajstić information content (AvgIpc) is 3.22. The molecule has 1 amide bonds. The summed E-state index contributed by atoms with van der Waals surface area (Å²) >= 11 is 0. The number of hydrogen-bond acceptors (Lipinski definition) is 4. The van der Waals surface area contributed by atoms with E-state index in [-0.39, 0.29) is 12.5 Å². The van der Waals surface area contributed by atoms with Gasteiger partial charge in [-0.25, -0.2) is 9.97 Å². The van der Waals surface area contributed by atoms with Crippen LogP contribution in [0.25, 0.3) is 11.4 Å². The van der Waals surface area contributed by atoms with Crippen LogP contribution in [0.5, 0.6) is 0 Å². The highest BCUT2D eigenvalue weighted by molar-refractivity contribution is 5.76. The van der Waals surface area contributed by atoms with Crippen molar-refractivity contribution in [2.24, 2.45) is 0 Å². The molecule has 144 valence electrons. The molecule has 6 heteroatoms. The van der Waals surface area contributed by atoms with Crippen LogP contribution in [-0.4, -0.2) is 33.5 Å². The molecule has 1 saturated heterocycles. The van der Waals surface area contributed by atoms with Crippen molar-refractivity contribution >= 4 is 11.7 Å². The first-order valence-electron chi connectivity index (χ1n) is 9.83. The monoisotopic (exact) mass is 375 g/mol. The lowest BCUT2D eigenvalue weighted by molar-refractivity contribution is -0.121. The Hall–Kier alpha value is -3.15. The van der Waals surface area contributed by atoms with Crippen LogP contribution >= 0.6 is 0 Å². The van der Waals surface area contributed by atoms with Gasteiger partial charge in [-0.2, -0.15) is 0 Å². The Morgan fingerprint density at radius 2 is 1.82 bits per heavy atom. The number of benzene rings is 1. The highest BCUT2D eigenvalue weighted by Gasteiger charge is 2.15. The van der Waals surface area contributed by atoms with Crippen molar-refractivity contribution in [3.8, 4) is 11.4 Å². The largest absolute Gasteiger partial charge is 0.357 e. The number of pyridine rings is 1. The van der Waals surface area contributed by atoms with Crippen molar-refractivity contribution in [1.29, 1.82) is 0 Å². The quantitative estimate of drug-likeness (QED) is 0.718. The highest BCUT2D eigenvalue weighted by atomic mass is 16.1. The summed E-state index contributed by atoms with van der Waals surface area (Å²) in [5, 5.41) is 2.97. The second-order valence-corrected chi connectivity index (χ2v) is 7.09. The predicted molar refractivity (Wildman–Crippen MR) is 110 cm³/mol. The Morgan fingerprint density at radius 1 is 1.00 bits per heavy atom. The second kappa shape index (κ2) is 8.69. The van der Waals surface area contributed by atoms with Gasteiger partial charge in [0.1, 0.15) is 18.2 Å². The summed E-state index contributed by atoms with van der Waals surface area (Å²) < 4.78 is 1.88. The minimum atomic E-state index is -0.0339. The number of hydrogen-bond donors (Lipinski definition) is 1. The summed E-state index contributed by atoms with van der Waals surface area (Å²) in [6, 6.07) is 13.9. The zero-order chi connectivity index (χ0) is 19.2. The van der Waals surface area contributed by atoms with Gasteiger partial charge in [-0.15, -0.1) is 0 Å². The molecular weight excluding hydrogens is 350 g/mol. The Labute approximate surface area is 165 Å². The number of amides is 1. The molecule has 6 nitrogen and oxygen atoms in total. The van der Waals surface area contributed by atoms with Crippen LogP contribution in [0.3, 0.4) is 0 Å². The van der Waals surface area contributed by atoms with Crippen LogP contribution in [0.2, 0.25) is 0 Å². The molecule has 1 aromatic carbocycles. The number of carbonyl (C=O) groups excluding carboxylic acids is 1. The van der Waals surface area contributed by atoms with Crippen LogP contribution in [0.1, 0.15) is 24.8 Å². The van der Waals surface area contributed by atoms with Gasteiger partial charge >= 0.3 is 0 Å². The van der Waals surface area contributed by atoms with Crippen molar-refractivity contribution in [2.75, 3.05) is 18.0 Å². The van der Waals surface area contributed by atoms with Crippen LogP contribution in [0.4, 0.5) is 5.82 Å². The molecule has 0 spiro atoms. The van der Waals surface area contributed by atoms with Gasteiger partial charge in [0.25, 0.3) is 0 Å². The summed E-state index contributed by atoms with van der Waals surface area (Å²) in [7, 11) is 0. The molecule has 0 saturated carbocycles. The van der Waals surface area contributed by atoms with Gasteiger partial charge in [0.15, 0.2) is 0 Å². The fourth-order valence-electron chi connectivity index (χ4n) is 3.56. The fraction of sp³-hybridized carbons (Fsp3) is 0.318. The first-order chi connectivity index (χ1) is 13.8. The summed E-state index contributed by atoms with van der Waals surface area (Å²) in [5.74, 6) is 1.74. The van der Waals surface area contributed by atoms with E-state index in [1.807, 2.05) is 53.4 Å². The normalized spacial score (nSPS) is 14.1. The van der Waals surface area contributed by atoms with E-state index in [1.54, 1.807) is 6.20 Å². The molecule has 0 atom stereocenters. The lowest BCUT2D eigenvalue weighted by Crippen LogP contribution is -2.30. The number of nitrogens with one attached hydrogen (secondary N) is 1. The molecule has 0 bridgehead atoms. The number of rotatable bonds is 6. The fourth-order valence-corrected chi connectivity index (χ4v) is 3.56. The second-order valence-electron chi connectivity index (χ2n) is 7.09. The molecule has 1 fully saturated rings. The first kappa shape index (κ1) is 18.2. The molecule has 2 aromatic heterocycles. The van der Waals surface area contributed by atoms with E-state index in [2.05, 4.69) is 26.3 Å². The summed E-state index contributed by atoms with van der Waals surface area (Å²) in [5.41, 5.74) is 2.07. The Morgan fingerprint density at radius 3 is 2.64 bits per heavy atom. The molecule has 0 unspecified atom stereocenters. The molecule has 0 aliphatic carbocycles. The molecule has 0 radical (unpaired) electrons. The van der Waals surface area contributed by atoms with E-state index in [9.17, 15) is 4.79 Å². The third-order valence-corrected chi connectivity index (χ3v) is 5.05. The molecule has 1 aliphatic heterocycles. The number of imidazole rings is 1. The number of nitrogens with zero attached hydrogens (tertiary/aromatic N) is 4. The zero-order valence-corrected chi connectivity index (χ0v) is 15.9.